The van der Waals surface area contributed by atoms with Crippen LogP contribution < -0.4 is 5.32 Å². The summed E-state index contributed by atoms with van der Waals surface area (Å²) in [6, 6.07) is 9.29. The van der Waals surface area contributed by atoms with Crippen molar-refractivity contribution in [3.63, 3.8) is 0 Å². The van der Waals surface area contributed by atoms with Gasteiger partial charge in [0.2, 0.25) is 0 Å². The lowest BCUT2D eigenvalue weighted by Gasteiger charge is -2.06. The summed E-state index contributed by atoms with van der Waals surface area (Å²) in [5.74, 6) is -1.02. The highest BCUT2D eigenvalue weighted by atomic mass is 79.9. The Morgan fingerprint density at radius 2 is 2.16 bits per heavy atom. The van der Waals surface area contributed by atoms with Crippen LogP contribution >= 0.6 is 15.9 Å². The van der Waals surface area contributed by atoms with E-state index in [0.29, 0.717) is 11.3 Å². The minimum Gasteiger partial charge on any atom is -0.319 e. The summed E-state index contributed by atoms with van der Waals surface area (Å²) in [4.78, 5) is 15.5. The van der Waals surface area contributed by atoms with Gasteiger partial charge in [0.25, 0.3) is 5.91 Å². The normalized spacial score (nSPS) is 9.74. The molecule has 1 aromatic heterocycles. The number of hydrogen-bond donors (Lipinski definition) is 1. The fourth-order valence-electron chi connectivity index (χ4n) is 1.41. The number of halogens is 2. The summed E-state index contributed by atoms with van der Waals surface area (Å²) >= 11 is 3.24. The van der Waals surface area contributed by atoms with Crippen molar-refractivity contribution in [2.24, 2.45) is 0 Å². The molecule has 4 nitrogen and oxygen atoms in total. The Morgan fingerprint density at radius 3 is 2.79 bits per heavy atom. The monoisotopic (exact) mass is 319 g/mol. The maximum atomic E-state index is 12.7. The number of carbonyl (C=O) groups excluding carboxylic acids is 1. The molecule has 2 rings (SSSR count). The molecule has 0 aliphatic carbocycles. The van der Waals surface area contributed by atoms with Gasteiger partial charge in [0, 0.05) is 4.47 Å². The number of anilines is 1. The molecule has 0 aliphatic heterocycles. The van der Waals surface area contributed by atoms with Gasteiger partial charge in [-0.15, -0.1) is 0 Å². The topological polar surface area (TPSA) is 65.8 Å². The number of nitriles is 1. The van der Waals surface area contributed by atoms with Crippen LogP contribution in [0.3, 0.4) is 0 Å². The zero-order valence-electron chi connectivity index (χ0n) is 9.52. The number of carbonyl (C=O) groups is 1. The third-order valence-corrected chi connectivity index (χ3v) is 2.80. The van der Waals surface area contributed by atoms with Gasteiger partial charge in [-0.05, 0) is 30.3 Å². The first-order valence-electron chi connectivity index (χ1n) is 5.22. The van der Waals surface area contributed by atoms with Crippen LogP contribution in [0.2, 0.25) is 0 Å². The maximum absolute atomic E-state index is 12.7. The minimum absolute atomic E-state index is 0.0770. The number of rotatable bonds is 2. The first-order chi connectivity index (χ1) is 9.10. The van der Waals surface area contributed by atoms with Gasteiger partial charge in [-0.1, -0.05) is 15.9 Å². The van der Waals surface area contributed by atoms with E-state index in [9.17, 15) is 9.18 Å². The largest absolute Gasteiger partial charge is 0.319 e. The van der Waals surface area contributed by atoms with Gasteiger partial charge in [0.05, 0.1) is 17.4 Å². The zero-order valence-corrected chi connectivity index (χ0v) is 11.1. The van der Waals surface area contributed by atoms with E-state index in [1.807, 2.05) is 6.07 Å². The lowest BCUT2D eigenvalue weighted by atomic mass is 10.2. The van der Waals surface area contributed by atoms with Crippen LogP contribution in [0.1, 0.15) is 16.1 Å². The van der Waals surface area contributed by atoms with Crippen molar-refractivity contribution in [2.45, 2.75) is 0 Å². The lowest BCUT2D eigenvalue weighted by Crippen LogP contribution is -2.14. The van der Waals surface area contributed by atoms with E-state index in [4.69, 9.17) is 5.26 Å². The van der Waals surface area contributed by atoms with Crippen LogP contribution in [0.4, 0.5) is 10.1 Å². The van der Waals surface area contributed by atoms with E-state index < -0.39 is 11.7 Å². The molecule has 0 spiro atoms. The summed E-state index contributed by atoms with van der Waals surface area (Å²) in [5.41, 5.74) is 0.778. The Hall–Kier alpha value is -2.26. The SMILES string of the molecule is N#Cc1cc(Br)ccc1NC(=O)c1ccc(F)cn1. The summed E-state index contributed by atoms with van der Waals surface area (Å²) in [5, 5.41) is 11.5. The Kier molecular flexibility index (Phi) is 3.88. The van der Waals surface area contributed by atoms with Crippen LogP contribution in [0.25, 0.3) is 0 Å². The number of aromatic nitrogens is 1. The predicted octanol–water partition coefficient (Wildman–Crippen LogP) is 3.11. The summed E-state index contributed by atoms with van der Waals surface area (Å²) < 4.78 is 13.4. The van der Waals surface area contributed by atoms with Crippen LogP contribution in [0, 0.1) is 17.1 Å². The van der Waals surface area contributed by atoms with Crippen molar-refractivity contribution in [1.29, 1.82) is 5.26 Å². The van der Waals surface area contributed by atoms with E-state index in [0.717, 1.165) is 16.7 Å². The summed E-state index contributed by atoms with van der Waals surface area (Å²) in [7, 11) is 0. The molecule has 0 unspecified atom stereocenters. The molecule has 0 radical (unpaired) electrons. The van der Waals surface area contributed by atoms with E-state index in [2.05, 4.69) is 26.2 Å². The van der Waals surface area contributed by atoms with E-state index in [-0.39, 0.29) is 5.69 Å². The first-order valence-corrected chi connectivity index (χ1v) is 6.02. The number of hydrogen-bond acceptors (Lipinski definition) is 3. The Bertz CT molecular complexity index is 665. The minimum atomic E-state index is -0.516. The number of pyridine rings is 1. The van der Waals surface area contributed by atoms with Gasteiger partial charge < -0.3 is 5.32 Å². The molecular weight excluding hydrogens is 313 g/mol. The second-order valence-electron chi connectivity index (χ2n) is 3.62. The quantitative estimate of drug-likeness (QED) is 0.924. The molecule has 1 N–H and O–H groups in total. The second kappa shape index (κ2) is 5.59. The third kappa shape index (κ3) is 3.14. The zero-order chi connectivity index (χ0) is 13.8. The molecule has 2 aromatic rings. The van der Waals surface area contributed by atoms with Crippen LogP contribution in [0.5, 0.6) is 0 Å². The van der Waals surface area contributed by atoms with Crippen molar-refractivity contribution in [3.8, 4) is 6.07 Å². The fourth-order valence-corrected chi connectivity index (χ4v) is 1.78. The van der Waals surface area contributed by atoms with E-state index in [1.54, 1.807) is 18.2 Å². The maximum Gasteiger partial charge on any atom is 0.274 e. The highest BCUT2D eigenvalue weighted by molar-refractivity contribution is 9.10. The van der Waals surface area contributed by atoms with Crippen molar-refractivity contribution < 1.29 is 9.18 Å². The Morgan fingerprint density at radius 1 is 1.37 bits per heavy atom. The molecule has 0 fully saturated rings. The Balaban J connectivity index is 2.24. The molecule has 0 saturated heterocycles. The number of amides is 1. The van der Waals surface area contributed by atoms with Gasteiger partial charge >= 0.3 is 0 Å². The standard InChI is InChI=1S/C13H7BrFN3O/c14-9-1-3-11(8(5-9)6-16)18-13(19)12-4-2-10(15)7-17-12/h1-5,7H,(H,18,19). The molecule has 1 aromatic carbocycles. The van der Waals surface area contributed by atoms with Gasteiger partial charge in [0.1, 0.15) is 17.6 Å². The van der Waals surface area contributed by atoms with Crippen LogP contribution in [-0.4, -0.2) is 10.9 Å². The second-order valence-corrected chi connectivity index (χ2v) is 4.53. The summed E-state index contributed by atoms with van der Waals surface area (Å²) in [6.07, 6.45) is 0.960. The average molecular weight is 320 g/mol. The van der Waals surface area contributed by atoms with Crippen LogP contribution in [-0.2, 0) is 0 Å². The van der Waals surface area contributed by atoms with E-state index in [1.165, 1.54) is 6.07 Å². The van der Waals surface area contributed by atoms with Gasteiger partial charge in [-0.3, -0.25) is 4.79 Å². The van der Waals surface area contributed by atoms with Crippen molar-refractivity contribution in [2.75, 3.05) is 5.32 Å². The van der Waals surface area contributed by atoms with Crippen molar-refractivity contribution in [3.05, 3.63) is 58.1 Å². The van der Waals surface area contributed by atoms with Crippen molar-refractivity contribution >= 4 is 27.5 Å². The molecule has 6 heteroatoms. The molecule has 19 heavy (non-hydrogen) atoms. The van der Waals surface area contributed by atoms with Gasteiger partial charge in [-0.2, -0.15) is 5.26 Å². The number of benzene rings is 1. The molecule has 1 amide bonds. The van der Waals surface area contributed by atoms with Gasteiger partial charge in [-0.25, -0.2) is 9.37 Å². The third-order valence-electron chi connectivity index (χ3n) is 2.31. The van der Waals surface area contributed by atoms with Gasteiger partial charge in [0.15, 0.2) is 0 Å². The molecule has 94 valence electrons. The average Bonchev–Trinajstić information content (AvgIpc) is 2.41. The molecule has 0 saturated carbocycles. The number of nitrogens with zero attached hydrogens (tertiary/aromatic N) is 2. The molecular formula is C13H7BrFN3O. The highest BCUT2D eigenvalue weighted by Gasteiger charge is 2.10. The smallest absolute Gasteiger partial charge is 0.274 e. The van der Waals surface area contributed by atoms with Crippen LogP contribution in [0.15, 0.2) is 41.0 Å². The number of nitrogens with one attached hydrogen (secondary N) is 1. The first kappa shape index (κ1) is 13.2. The molecule has 0 bridgehead atoms. The Labute approximate surface area is 117 Å². The van der Waals surface area contributed by atoms with E-state index >= 15 is 0 Å². The highest BCUT2D eigenvalue weighted by Crippen LogP contribution is 2.20. The predicted molar refractivity (Wildman–Crippen MR) is 71.0 cm³/mol. The lowest BCUT2D eigenvalue weighted by molar-refractivity contribution is 0.102. The fraction of sp³-hybridized carbons (Fsp3) is 0. The van der Waals surface area contributed by atoms with Crippen molar-refractivity contribution in [1.82, 2.24) is 4.98 Å². The molecule has 0 aliphatic rings. The molecule has 0 atom stereocenters. The molecule has 1 heterocycles. The summed E-state index contributed by atoms with van der Waals surface area (Å²) in [6.45, 7) is 0.